The monoisotopic (exact) mass is 385 g/mol. The topological polar surface area (TPSA) is 55.2 Å². The van der Waals surface area contributed by atoms with Crippen LogP contribution >= 0.6 is 11.6 Å². The van der Waals surface area contributed by atoms with Crippen molar-refractivity contribution in [3.63, 3.8) is 0 Å². The number of carbonyl (C=O) groups is 1. The second kappa shape index (κ2) is 7.11. The van der Waals surface area contributed by atoms with Crippen molar-refractivity contribution in [3.8, 4) is 0 Å². The molecule has 0 aromatic carbocycles. The molecule has 5 nitrogen and oxygen atoms in total. The molecule has 0 N–H and O–H groups in total. The zero-order valence-electron chi connectivity index (χ0n) is 13.5. The van der Waals surface area contributed by atoms with Gasteiger partial charge in [-0.15, -0.1) is 0 Å². The third-order valence-corrected chi connectivity index (χ3v) is 4.34. The minimum atomic E-state index is -4.67. The van der Waals surface area contributed by atoms with Crippen molar-refractivity contribution in [2.45, 2.75) is 25.6 Å². The van der Waals surface area contributed by atoms with Crippen LogP contribution in [0.15, 0.2) is 41.6 Å². The van der Waals surface area contributed by atoms with Crippen molar-refractivity contribution >= 4 is 23.2 Å². The molecule has 2 aromatic heterocycles. The van der Waals surface area contributed by atoms with Gasteiger partial charge in [-0.1, -0.05) is 11.6 Å². The van der Waals surface area contributed by atoms with Gasteiger partial charge in [0.1, 0.15) is 11.6 Å². The first-order valence-electron chi connectivity index (χ1n) is 7.93. The maximum Gasteiger partial charge on any atom is 0.417 e. The van der Waals surface area contributed by atoms with Crippen molar-refractivity contribution in [3.05, 3.63) is 57.7 Å². The van der Waals surface area contributed by atoms with E-state index in [2.05, 4.69) is 4.98 Å². The molecule has 0 spiro atoms. The maximum absolute atomic E-state index is 12.9. The van der Waals surface area contributed by atoms with E-state index in [9.17, 15) is 22.8 Å². The molecular weight excluding hydrogens is 371 g/mol. The lowest BCUT2D eigenvalue weighted by Gasteiger charge is -2.23. The molecule has 1 aliphatic carbocycles. The smallest absolute Gasteiger partial charge is 0.309 e. The van der Waals surface area contributed by atoms with Crippen molar-refractivity contribution in [1.82, 2.24) is 9.55 Å². The second-order valence-electron chi connectivity index (χ2n) is 6.17. The number of amides is 1. The Labute approximate surface area is 152 Å². The molecule has 3 rings (SSSR count). The third-order valence-electron chi connectivity index (χ3n) is 4.07. The van der Waals surface area contributed by atoms with Crippen LogP contribution in [0.4, 0.5) is 18.9 Å². The zero-order chi connectivity index (χ0) is 18.9. The van der Waals surface area contributed by atoms with Crippen molar-refractivity contribution < 1.29 is 18.0 Å². The van der Waals surface area contributed by atoms with E-state index < -0.39 is 34.8 Å². The fourth-order valence-electron chi connectivity index (χ4n) is 2.53. The first-order chi connectivity index (χ1) is 12.3. The summed E-state index contributed by atoms with van der Waals surface area (Å²) in [4.78, 5) is 30.2. The first kappa shape index (κ1) is 18.4. The second-order valence-corrected chi connectivity index (χ2v) is 6.57. The number of nitrogens with zero attached hydrogens (tertiary/aromatic N) is 3. The number of hydrogen-bond acceptors (Lipinski definition) is 3. The highest BCUT2D eigenvalue weighted by Gasteiger charge is 2.33. The molecule has 1 saturated carbocycles. The number of halogens is 4. The average Bonchev–Trinajstić information content (AvgIpc) is 3.40. The van der Waals surface area contributed by atoms with Crippen LogP contribution in [0, 0.1) is 5.92 Å². The van der Waals surface area contributed by atoms with Crippen LogP contribution in [0.25, 0.3) is 0 Å². The molecule has 0 aliphatic heterocycles. The van der Waals surface area contributed by atoms with Gasteiger partial charge in [-0.05, 0) is 37.0 Å². The number of hydrogen-bond donors (Lipinski definition) is 0. The average molecular weight is 386 g/mol. The van der Waals surface area contributed by atoms with E-state index in [1.165, 1.54) is 11.1 Å². The molecule has 1 fully saturated rings. The number of pyridine rings is 2. The summed E-state index contributed by atoms with van der Waals surface area (Å²) in [5.74, 6) is -0.150. The summed E-state index contributed by atoms with van der Waals surface area (Å²) in [7, 11) is 0. The normalized spacial score (nSPS) is 14.3. The summed E-state index contributed by atoms with van der Waals surface area (Å²) in [6.45, 7) is -0.101. The van der Waals surface area contributed by atoms with Gasteiger partial charge in [-0.25, -0.2) is 0 Å². The molecule has 1 amide bonds. The summed E-state index contributed by atoms with van der Waals surface area (Å²) >= 11 is 5.63. The Morgan fingerprint density at radius 1 is 1.38 bits per heavy atom. The van der Waals surface area contributed by atoms with E-state index >= 15 is 0 Å². The van der Waals surface area contributed by atoms with Gasteiger partial charge in [-0.2, -0.15) is 13.2 Å². The Hall–Kier alpha value is -2.35. The van der Waals surface area contributed by atoms with Gasteiger partial charge in [0, 0.05) is 18.9 Å². The van der Waals surface area contributed by atoms with Crippen LogP contribution in [0.1, 0.15) is 18.4 Å². The molecule has 1 aliphatic rings. The van der Waals surface area contributed by atoms with Gasteiger partial charge >= 0.3 is 6.18 Å². The van der Waals surface area contributed by atoms with Gasteiger partial charge < -0.3 is 9.47 Å². The summed E-state index contributed by atoms with van der Waals surface area (Å²) in [5.41, 5.74) is -1.38. The van der Waals surface area contributed by atoms with Gasteiger partial charge in [-0.3, -0.25) is 14.6 Å². The van der Waals surface area contributed by atoms with Crippen molar-refractivity contribution in [1.29, 1.82) is 0 Å². The number of alkyl halides is 3. The van der Waals surface area contributed by atoms with Gasteiger partial charge in [0.25, 0.3) is 5.56 Å². The van der Waals surface area contributed by atoms with E-state index in [0.29, 0.717) is 35.0 Å². The van der Waals surface area contributed by atoms with Gasteiger partial charge in [0.05, 0.1) is 17.4 Å². The number of carbonyl (C=O) groups excluding carboxylic acids is 1. The fraction of sp³-hybridized carbons (Fsp3) is 0.353. The van der Waals surface area contributed by atoms with E-state index in [0.717, 1.165) is 12.8 Å². The lowest BCUT2D eigenvalue weighted by atomic mass is 10.2. The molecule has 2 aromatic rings. The quantitative estimate of drug-likeness (QED) is 0.793. The molecule has 0 unspecified atom stereocenters. The van der Waals surface area contributed by atoms with Crippen LogP contribution in [-0.2, 0) is 17.5 Å². The highest BCUT2D eigenvalue weighted by molar-refractivity contribution is 6.30. The predicted molar refractivity (Wildman–Crippen MR) is 90.0 cm³/mol. The molecule has 0 radical (unpaired) electrons. The lowest BCUT2D eigenvalue weighted by molar-refractivity contribution is -0.138. The molecule has 0 saturated heterocycles. The van der Waals surface area contributed by atoms with E-state index in [4.69, 9.17) is 11.6 Å². The third kappa shape index (κ3) is 4.24. The van der Waals surface area contributed by atoms with Crippen molar-refractivity contribution in [2.24, 2.45) is 5.92 Å². The van der Waals surface area contributed by atoms with Gasteiger partial charge in [0.2, 0.25) is 5.91 Å². The molecule has 2 heterocycles. The van der Waals surface area contributed by atoms with Crippen molar-refractivity contribution in [2.75, 3.05) is 11.4 Å². The van der Waals surface area contributed by atoms with E-state index in [1.807, 2.05) is 0 Å². The molecule has 9 heteroatoms. The minimum Gasteiger partial charge on any atom is -0.309 e. The Morgan fingerprint density at radius 3 is 2.69 bits per heavy atom. The Balaban J connectivity index is 1.90. The van der Waals surface area contributed by atoms with E-state index in [1.54, 1.807) is 18.3 Å². The summed E-state index contributed by atoms with van der Waals surface area (Å²) in [5, 5.41) is -0.581. The molecule has 26 heavy (non-hydrogen) atoms. The van der Waals surface area contributed by atoms with Crippen LogP contribution < -0.4 is 10.5 Å². The first-order valence-corrected chi connectivity index (χ1v) is 8.31. The fourth-order valence-corrected chi connectivity index (χ4v) is 2.75. The van der Waals surface area contributed by atoms with Crippen LogP contribution in [0.3, 0.4) is 0 Å². The SMILES string of the molecule is O=C(Cn1cc(C(F)(F)F)cc(Cl)c1=O)N(CC1CC1)c1cccnc1. The molecular formula is C17H15ClF3N3O2. The Bertz CT molecular complexity index is 864. The molecule has 0 atom stereocenters. The minimum absolute atomic E-state index is 0.348. The maximum atomic E-state index is 12.9. The summed E-state index contributed by atoms with van der Waals surface area (Å²) in [6.07, 6.45) is 0.977. The molecule has 0 bridgehead atoms. The standard InChI is InChI=1S/C17H15ClF3N3O2/c18-14-6-12(17(19,20)21)9-23(16(14)26)10-15(25)24(8-11-3-4-11)13-2-1-5-22-7-13/h1-2,5-7,9,11H,3-4,8,10H2. The largest absolute Gasteiger partial charge is 0.417 e. The number of aromatic nitrogens is 2. The van der Waals surface area contributed by atoms with Crippen LogP contribution in [-0.4, -0.2) is 22.0 Å². The Morgan fingerprint density at radius 2 is 2.12 bits per heavy atom. The van der Waals surface area contributed by atoms with Crippen LogP contribution in [0.5, 0.6) is 0 Å². The highest BCUT2D eigenvalue weighted by Crippen LogP contribution is 2.32. The summed E-state index contributed by atoms with van der Waals surface area (Å²) < 4.78 is 39.5. The predicted octanol–water partition coefficient (Wildman–Crippen LogP) is 3.36. The van der Waals surface area contributed by atoms with Gasteiger partial charge in [0.15, 0.2) is 0 Å². The zero-order valence-corrected chi connectivity index (χ0v) is 14.3. The van der Waals surface area contributed by atoms with E-state index in [-0.39, 0.29) is 0 Å². The van der Waals surface area contributed by atoms with Crippen LogP contribution in [0.2, 0.25) is 5.02 Å². The number of rotatable bonds is 5. The lowest BCUT2D eigenvalue weighted by Crippen LogP contribution is -2.38. The number of anilines is 1. The summed E-state index contributed by atoms with van der Waals surface area (Å²) in [6, 6.07) is 3.92. The highest BCUT2D eigenvalue weighted by atomic mass is 35.5. The molecule has 138 valence electrons. The Kier molecular flexibility index (Phi) is 5.04.